The minimum atomic E-state index is 0.313. The van der Waals surface area contributed by atoms with Gasteiger partial charge in [0.1, 0.15) is 22.8 Å². The van der Waals surface area contributed by atoms with Gasteiger partial charge < -0.3 is 19.2 Å². The van der Waals surface area contributed by atoms with E-state index in [2.05, 4.69) is 18.3 Å². The Hall–Kier alpha value is -1.68. The van der Waals surface area contributed by atoms with Crippen molar-refractivity contribution in [2.75, 3.05) is 20.8 Å². The molecule has 1 aromatic heterocycles. The van der Waals surface area contributed by atoms with Crippen molar-refractivity contribution in [1.29, 1.82) is 0 Å². The Balaban J connectivity index is 1.98. The molecule has 1 aliphatic rings. The summed E-state index contributed by atoms with van der Waals surface area (Å²) in [6.45, 7) is 3.20. The van der Waals surface area contributed by atoms with Gasteiger partial charge in [-0.15, -0.1) is 0 Å². The second-order valence-corrected chi connectivity index (χ2v) is 5.66. The van der Waals surface area contributed by atoms with Crippen molar-refractivity contribution >= 4 is 11.0 Å². The van der Waals surface area contributed by atoms with E-state index in [1.54, 1.807) is 14.2 Å². The SMILES string of the molecule is CCCNC(c1cc2c(OC)cc(OC)cc2o1)C1CC1. The highest BCUT2D eigenvalue weighted by atomic mass is 16.5. The van der Waals surface area contributed by atoms with Crippen LogP contribution in [-0.2, 0) is 0 Å². The zero-order valence-electron chi connectivity index (χ0n) is 12.9. The third-order valence-corrected chi connectivity index (χ3v) is 4.06. The van der Waals surface area contributed by atoms with Crippen molar-refractivity contribution < 1.29 is 13.9 Å². The van der Waals surface area contributed by atoms with Gasteiger partial charge in [0.25, 0.3) is 0 Å². The topological polar surface area (TPSA) is 43.6 Å². The van der Waals surface area contributed by atoms with Gasteiger partial charge in [0.2, 0.25) is 0 Å². The maximum absolute atomic E-state index is 6.09. The van der Waals surface area contributed by atoms with Crippen molar-refractivity contribution in [3.05, 3.63) is 24.0 Å². The van der Waals surface area contributed by atoms with Gasteiger partial charge >= 0.3 is 0 Å². The van der Waals surface area contributed by atoms with Crippen LogP contribution >= 0.6 is 0 Å². The van der Waals surface area contributed by atoms with E-state index in [0.29, 0.717) is 12.0 Å². The molecule has 1 fully saturated rings. The molecule has 0 radical (unpaired) electrons. The van der Waals surface area contributed by atoms with Crippen LogP contribution in [0.2, 0.25) is 0 Å². The summed E-state index contributed by atoms with van der Waals surface area (Å²) < 4.78 is 16.9. The fourth-order valence-electron chi connectivity index (χ4n) is 2.77. The largest absolute Gasteiger partial charge is 0.496 e. The number of rotatable bonds is 7. The molecule has 4 heteroatoms. The summed E-state index contributed by atoms with van der Waals surface area (Å²) >= 11 is 0. The quantitative estimate of drug-likeness (QED) is 0.839. The van der Waals surface area contributed by atoms with E-state index in [1.807, 2.05) is 12.1 Å². The van der Waals surface area contributed by atoms with Crippen LogP contribution < -0.4 is 14.8 Å². The Morgan fingerprint density at radius 3 is 2.67 bits per heavy atom. The number of fused-ring (bicyclic) bond motifs is 1. The highest BCUT2D eigenvalue weighted by molar-refractivity contribution is 5.86. The molecule has 2 aromatic rings. The van der Waals surface area contributed by atoms with Crippen LogP contribution in [0.1, 0.15) is 38.0 Å². The Morgan fingerprint density at radius 2 is 2.05 bits per heavy atom. The van der Waals surface area contributed by atoms with E-state index in [9.17, 15) is 0 Å². The fraction of sp³-hybridized carbons (Fsp3) is 0.529. The van der Waals surface area contributed by atoms with Gasteiger partial charge in [0.15, 0.2) is 0 Å². The molecular weight excluding hydrogens is 266 g/mol. The summed E-state index contributed by atoms with van der Waals surface area (Å²) in [7, 11) is 3.33. The van der Waals surface area contributed by atoms with Crippen molar-refractivity contribution in [1.82, 2.24) is 5.32 Å². The number of hydrogen-bond donors (Lipinski definition) is 1. The monoisotopic (exact) mass is 289 g/mol. The van der Waals surface area contributed by atoms with Gasteiger partial charge in [-0.05, 0) is 37.8 Å². The first-order chi connectivity index (χ1) is 10.3. The molecule has 1 atom stereocenters. The first kappa shape index (κ1) is 14.3. The highest BCUT2D eigenvalue weighted by Gasteiger charge is 2.34. The van der Waals surface area contributed by atoms with Crippen LogP contribution in [-0.4, -0.2) is 20.8 Å². The molecule has 0 aliphatic heterocycles. The molecule has 0 amide bonds. The van der Waals surface area contributed by atoms with Gasteiger partial charge in [-0.1, -0.05) is 6.92 Å². The van der Waals surface area contributed by atoms with Crippen LogP contribution in [0.4, 0.5) is 0 Å². The van der Waals surface area contributed by atoms with Crippen LogP contribution in [0.15, 0.2) is 22.6 Å². The van der Waals surface area contributed by atoms with Gasteiger partial charge in [-0.25, -0.2) is 0 Å². The van der Waals surface area contributed by atoms with Crippen LogP contribution in [0.5, 0.6) is 11.5 Å². The molecule has 3 rings (SSSR count). The van der Waals surface area contributed by atoms with E-state index in [0.717, 1.165) is 41.2 Å². The molecule has 1 heterocycles. The maximum Gasteiger partial charge on any atom is 0.141 e. The van der Waals surface area contributed by atoms with E-state index >= 15 is 0 Å². The maximum atomic E-state index is 6.09. The number of benzene rings is 1. The second kappa shape index (κ2) is 5.98. The number of furan rings is 1. The van der Waals surface area contributed by atoms with E-state index in [4.69, 9.17) is 13.9 Å². The molecule has 1 aromatic carbocycles. The standard InChI is InChI=1S/C17H23NO3/c1-4-7-18-17(11-5-6-11)16-10-13-14(20-3)8-12(19-2)9-15(13)21-16/h8-11,17-18H,4-7H2,1-3H3. The third-order valence-electron chi connectivity index (χ3n) is 4.06. The zero-order valence-corrected chi connectivity index (χ0v) is 12.9. The molecule has 4 nitrogen and oxygen atoms in total. The normalized spacial score (nSPS) is 16.1. The highest BCUT2D eigenvalue weighted by Crippen LogP contribution is 2.43. The van der Waals surface area contributed by atoms with Crippen LogP contribution in [0.3, 0.4) is 0 Å². The molecule has 1 unspecified atom stereocenters. The molecule has 0 spiro atoms. The number of methoxy groups -OCH3 is 2. The minimum Gasteiger partial charge on any atom is -0.496 e. The summed E-state index contributed by atoms with van der Waals surface area (Å²) in [5.41, 5.74) is 0.824. The summed E-state index contributed by atoms with van der Waals surface area (Å²) in [5.74, 6) is 3.26. The first-order valence-corrected chi connectivity index (χ1v) is 7.65. The predicted molar refractivity (Wildman–Crippen MR) is 83.1 cm³/mol. The van der Waals surface area contributed by atoms with Crippen molar-refractivity contribution in [2.24, 2.45) is 5.92 Å². The third kappa shape index (κ3) is 2.86. The Morgan fingerprint density at radius 1 is 1.24 bits per heavy atom. The molecule has 1 N–H and O–H groups in total. The summed E-state index contributed by atoms with van der Waals surface area (Å²) in [6, 6.07) is 6.24. The summed E-state index contributed by atoms with van der Waals surface area (Å²) in [4.78, 5) is 0. The lowest BCUT2D eigenvalue weighted by Gasteiger charge is -2.14. The van der Waals surface area contributed by atoms with Crippen molar-refractivity contribution in [3.63, 3.8) is 0 Å². The number of hydrogen-bond acceptors (Lipinski definition) is 4. The van der Waals surface area contributed by atoms with Gasteiger partial charge in [-0.2, -0.15) is 0 Å². The van der Waals surface area contributed by atoms with Gasteiger partial charge in [0, 0.05) is 12.1 Å². The van der Waals surface area contributed by atoms with E-state index in [-0.39, 0.29) is 0 Å². The second-order valence-electron chi connectivity index (χ2n) is 5.66. The fourth-order valence-corrected chi connectivity index (χ4v) is 2.77. The molecule has 1 aliphatic carbocycles. The van der Waals surface area contributed by atoms with Crippen molar-refractivity contribution in [2.45, 2.75) is 32.2 Å². The van der Waals surface area contributed by atoms with E-state index in [1.165, 1.54) is 12.8 Å². The van der Waals surface area contributed by atoms with Crippen molar-refractivity contribution in [3.8, 4) is 11.5 Å². The lowest BCUT2D eigenvalue weighted by Crippen LogP contribution is -2.23. The molecule has 0 saturated heterocycles. The zero-order chi connectivity index (χ0) is 14.8. The lowest BCUT2D eigenvalue weighted by molar-refractivity contribution is 0.390. The Labute approximate surface area is 125 Å². The number of ether oxygens (including phenoxy) is 2. The molecule has 21 heavy (non-hydrogen) atoms. The van der Waals surface area contributed by atoms with Crippen LogP contribution in [0, 0.1) is 5.92 Å². The minimum absolute atomic E-state index is 0.313. The smallest absolute Gasteiger partial charge is 0.141 e. The average molecular weight is 289 g/mol. The predicted octanol–water partition coefficient (Wildman–Crippen LogP) is 3.90. The van der Waals surface area contributed by atoms with Gasteiger partial charge in [0.05, 0.1) is 25.6 Å². The molecule has 114 valence electrons. The molecule has 0 bridgehead atoms. The van der Waals surface area contributed by atoms with E-state index < -0.39 is 0 Å². The molecule has 1 saturated carbocycles. The van der Waals surface area contributed by atoms with Crippen LogP contribution in [0.25, 0.3) is 11.0 Å². The average Bonchev–Trinajstić information content (AvgIpc) is 3.25. The Kier molecular flexibility index (Phi) is 4.06. The summed E-state index contributed by atoms with van der Waals surface area (Å²) in [6.07, 6.45) is 3.68. The number of nitrogens with one attached hydrogen (secondary N) is 1. The van der Waals surface area contributed by atoms with Gasteiger partial charge in [-0.3, -0.25) is 0 Å². The molecular formula is C17H23NO3. The summed E-state index contributed by atoms with van der Waals surface area (Å²) in [5, 5.41) is 4.62. The first-order valence-electron chi connectivity index (χ1n) is 7.65. The lowest BCUT2D eigenvalue weighted by atomic mass is 10.1. The Bertz CT molecular complexity index is 616.